The molecule has 0 radical (unpaired) electrons. The predicted octanol–water partition coefficient (Wildman–Crippen LogP) is 3.76. The van der Waals surface area contributed by atoms with Gasteiger partial charge in [-0.3, -0.25) is 4.79 Å². The number of unbranched alkanes of at least 4 members (excludes halogenated alkanes) is 4. The Hall–Kier alpha value is -0.690. The van der Waals surface area contributed by atoms with E-state index in [1.54, 1.807) is 0 Å². The number of carbonyl (C=O) groups excluding carboxylic acids is 1. The van der Waals surface area contributed by atoms with Gasteiger partial charge in [0.15, 0.2) is 0 Å². The highest BCUT2D eigenvalue weighted by Gasteiger charge is 2.02. The van der Waals surface area contributed by atoms with Crippen LogP contribution in [0.15, 0.2) is 0 Å². The van der Waals surface area contributed by atoms with Crippen molar-refractivity contribution in [1.29, 1.82) is 0 Å². The second-order valence-electron chi connectivity index (χ2n) is 6.19. The molecule has 0 saturated heterocycles. The van der Waals surface area contributed by atoms with Crippen LogP contribution in [0.3, 0.4) is 0 Å². The van der Waals surface area contributed by atoms with E-state index in [0.717, 1.165) is 32.3 Å². The molecule has 0 saturated carbocycles. The first kappa shape index (κ1) is 25.3. The van der Waals surface area contributed by atoms with Crippen molar-refractivity contribution in [1.82, 2.24) is 0 Å². The fourth-order valence-corrected chi connectivity index (χ4v) is 2.14. The molecule has 0 N–H and O–H groups in total. The maximum atomic E-state index is 11.4. The minimum absolute atomic E-state index is 0.132. The Morgan fingerprint density at radius 3 is 1.46 bits per heavy atom. The standard InChI is InChI=1S/C20H40O6/c1-3-5-7-11-22-14-16-24-18-19-25-17-15-23-12-9-10-20(21)26-13-8-6-4-2/h3-19H2,1-2H3. The molecule has 0 rings (SSSR count). The van der Waals surface area contributed by atoms with E-state index in [-0.39, 0.29) is 5.97 Å². The van der Waals surface area contributed by atoms with Gasteiger partial charge in [-0.25, -0.2) is 0 Å². The van der Waals surface area contributed by atoms with Gasteiger partial charge in [-0.2, -0.15) is 0 Å². The van der Waals surface area contributed by atoms with E-state index >= 15 is 0 Å². The molecule has 26 heavy (non-hydrogen) atoms. The zero-order chi connectivity index (χ0) is 19.1. The third kappa shape index (κ3) is 21.4. The molecule has 6 nitrogen and oxygen atoms in total. The molecule has 0 amide bonds. The number of esters is 1. The molecule has 0 atom stereocenters. The largest absolute Gasteiger partial charge is 0.466 e. The highest BCUT2D eigenvalue weighted by atomic mass is 16.6. The highest BCUT2D eigenvalue weighted by Crippen LogP contribution is 1.98. The average Bonchev–Trinajstić information content (AvgIpc) is 2.65. The zero-order valence-electron chi connectivity index (χ0n) is 17.0. The summed E-state index contributed by atoms with van der Waals surface area (Å²) in [5, 5.41) is 0. The van der Waals surface area contributed by atoms with Crippen molar-refractivity contribution in [2.24, 2.45) is 0 Å². The van der Waals surface area contributed by atoms with Crippen LogP contribution in [0.25, 0.3) is 0 Å². The normalized spacial score (nSPS) is 11.0. The van der Waals surface area contributed by atoms with Crippen molar-refractivity contribution in [3.63, 3.8) is 0 Å². The maximum absolute atomic E-state index is 11.4. The van der Waals surface area contributed by atoms with E-state index in [2.05, 4.69) is 13.8 Å². The molecular formula is C20H40O6. The van der Waals surface area contributed by atoms with Crippen molar-refractivity contribution in [3.05, 3.63) is 0 Å². The molecule has 6 heteroatoms. The first-order chi connectivity index (χ1) is 12.8. The molecule has 0 aliphatic carbocycles. The lowest BCUT2D eigenvalue weighted by atomic mass is 10.3. The Morgan fingerprint density at radius 1 is 0.538 bits per heavy atom. The molecule has 0 aliphatic rings. The topological polar surface area (TPSA) is 63.2 Å². The van der Waals surface area contributed by atoms with E-state index in [0.29, 0.717) is 65.7 Å². The zero-order valence-corrected chi connectivity index (χ0v) is 17.0. The third-order valence-corrected chi connectivity index (χ3v) is 3.69. The van der Waals surface area contributed by atoms with Crippen molar-refractivity contribution in [2.75, 3.05) is 59.5 Å². The van der Waals surface area contributed by atoms with Gasteiger partial charge in [0.1, 0.15) is 0 Å². The van der Waals surface area contributed by atoms with Crippen LogP contribution in [0.2, 0.25) is 0 Å². The van der Waals surface area contributed by atoms with Crippen LogP contribution >= 0.6 is 0 Å². The summed E-state index contributed by atoms with van der Waals surface area (Å²) in [6.45, 7) is 9.68. The van der Waals surface area contributed by atoms with E-state index in [9.17, 15) is 4.79 Å². The van der Waals surface area contributed by atoms with E-state index in [1.807, 2.05) is 0 Å². The van der Waals surface area contributed by atoms with E-state index in [4.69, 9.17) is 23.7 Å². The summed E-state index contributed by atoms with van der Waals surface area (Å²) in [6, 6.07) is 0. The summed E-state index contributed by atoms with van der Waals surface area (Å²) < 4.78 is 26.8. The molecular weight excluding hydrogens is 336 g/mol. The second kappa shape index (κ2) is 22.4. The summed E-state index contributed by atoms with van der Waals surface area (Å²) in [6.07, 6.45) is 7.86. The summed E-state index contributed by atoms with van der Waals surface area (Å²) in [4.78, 5) is 11.4. The monoisotopic (exact) mass is 376 g/mol. The third-order valence-electron chi connectivity index (χ3n) is 3.69. The first-order valence-electron chi connectivity index (χ1n) is 10.3. The molecule has 0 aliphatic heterocycles. The lowest BCUT2D eigenvalue weighted by Gasteiger charge is -2.07. The maximum Gasteiger partial charge on any atom is 0.305 e. The lowest BCUT2D eigenvalue weighted by molar-refractivity contribution is -0.144. The van der Waals surface area contributed by atoms with Gasteiger partial charge in [0.25, 0.3) is 0 Å². The van der Waals surface area contributed by atoms with Crippen LogP contribution in [0.1, 0.15) is 65.2 Å². The lowest BCUT2D eigenvalue weighted by Crippen LogP contribution is -2.12. The number of carbonyl (C=O) groups is 1. The predicted molar refractivity (Wildman–Crippen MR) is 103 cm³/mol. The molecule has 0 aromatic carbocycles. The highest BCUT2D eigenvalue weighted by molar-refractivity contribution is 5.69. The Labute approximate surface area is 159 Å². The van der Waals surface area contributed by atoms with Gasteiger partial charge in [-0.05, 0) is 19.3 Å². The Bertz CT molecular complexity index is 285. The van der Waals surface area contributed by atoms with Crippen molar-refractivity contribution in [2.45, 2.75) is 65.2 Å². The fourth-order valence-electron chi connectivity index (χ4n) is 2.14. The van der Waals surface area contributed by atoms with Gasteiger partial charge in [-0.15, -0.1) is 0 Å². The van der Waals surface area contributed by atoms with E-state index in [1.165, 1.54) is 12.8 Å². The van der Waals surface area contributed by atoms with Crippen LogP contribution < -0.4 is 0 Å². The Morgan fingerprint density at radius 2 is 0.962 bits per heavy atom. The van der Waals surface area contributed by atoms with E-state index < -0.39 is 0 Å². The minimum atomic E-state index is -0.132. The summed E-state index contributed by atoms with van der Waals surface area (Å²) >= 11 is 0. The van der Waals surface area contributed by atoms with Gasteiger partial charge in [0.05, 0.1) is 46.2 Å². The SMILES string of the molecule is CCCCCOCCOCCOCCOCCCC(=O)OCCCCC. The molecule has 0 unspecified atom stereocenters. The van der Waals surface area contributed by atoms with Crippen LogP contribution in [0, 0.1) is 0 Å². The van der Waals surface area contributed by atoms with Crippen LogP contribution in [0.4, 0.5) is 0 Å². The summed E-state index contributed by atoms with van der Waals surface area (Å²) in [7, 11) is 0. The number of hydrogen-bond acceptors (Lipinski definition) is 6. The van der Waals surface area contributed by atoms with Gasteiger partial charge in [0.2, 0.25) is 0 Å². The molecule has 0 aromatic rings. The molecule has 0 spiro atoms. The number of ether oxygens (including phenoxy) is 5. The summed E-state index contributed by atoms with van der Waals surface area (Å²) in [5.74, 6) is -0.132. The van der Waals surface area contributed by atoms with Crippen LogP contribution in [0.5, 0.6) is 0 Å². The summed E-state index contributed by atoms with van der Waals surface area (Å²) in [5.41, 5.74) is 0. The molecule has 0 heterocycles. The van der Waals surface area contributed by atoms with Crippen molar-refractivity contribution in [3.8, 4) is 0 Å². The van der Waals surface area contributed by atoms with Gasteiger partial charge >= 0.3 is 5.97 Å². The quantitative estimate of drug-likeness (QED) is 0.224. The van der Waals surface area contributed by atoms with Crippen LogP contribution in [-0.2, 0) is 28.5 Å². The van der Waals surface area contributed by atoms with Crippen molar-refractivity contribution >= 4 is 5.97 Å². The Balaban J connectivity index is 3.07. The van der Waals surface area contributed by atoms with Gasteiger partial charge in [0, 0.05) is 19.6 Å². The molecule has 0 aromatic heterocycles. The smallest absolute Gasteiger partial charge is 0.305 e. The van der Waals surface area contributed by atoms with Gasteiger partial charge < -0.3 is 23.7 Å². The van der Waals surface area contributed by atoms with Gasteiger partial charge in [-0.1, -0.05) is 39.5 Å². The first-order valence-corrected chi connectivity index (χ1v) is 10.3. The number of rotatable bonds is 21. The fraction of sp³-hybridized carbons (Fsp3) is 0.950. The second-order valence-corrected chi connectivity index (χ2v) is 6.19. The number of hydrogen-bond donors (Lipinski definition) is 0. The minimum Gasteiger partial charge on any atom is -0.466 e. The average molecular weight is 377 g/mol. The molecule has 0 bridgehead atoms. The van der Waals surface area contributed by atoms with Crippen molar-refractivity contribution < 1.29 is 28.5 Å². The molecule has 156 valence electrons. The molecule has 0 fully saturated rings. The Kier molecular flexibility index (Phi) is 21.8. The van der Waals surface area contributed by atoms with Crippen LogP contribution in [-0.4, -0.2) is 65.4 Å².